The molecular formula is C26H27N3O. The van der Waals surface area contributed by atoms with Gasteiger partial charge >= 0.3 is 0 Å². The molecule has 4 nitrogen and oxygen atoms in total. The van der Waals surface area contributed by atoms with Crippen LogP contribution in [-0.2, 0) is 4.79 Å². The Morgan fingerprint density at radius 3 is 2.27 bits per heavy atom. The second kappa shape index (κ2) is 8.42. The zero-order valence-electron chi connectivity index (χ0n) is 18.4. The fourth-order valence-electron chi connectivity index (χ4n) is 3.66. The summed E-state index contributed by atoms with van der Waals surface area (Å²) >= 11 is 0. The van der Waals surface area contributed by atoms with Crippen LogP contribution in [0.2, 0.25) is 0 Å². The molecule has 30 heavy (non-hydrogen) atoms. The van der Waals surface area contributed by atoms with Gasteiger partial charge < -0.3 is 9.88 Å². The van der Waals surface area contributed by atoms with Gasteiger partial charge in [0.05, 0.1) is 0 Å². The van der Waals surface area contributed by atoms with E-state index in [1.165, 1.54) is 11.1 Å². The van der Waals surface area contributed by atoms with Crippen molar-refractivity contribution in [2.24, 2.45) is 0 Å². The zero-order valence-corrected chi connectivity index (χ0v) is 18.4. The van der Waals surface area contributed by atoms with Crippen molar-refractivity contribution in [2.75, 3.05) is 5.32 Å². The summed E-state index contributed by atoms with van der Waals surface area (Å²) in [6, 6.07) is 16.0. The Labute approximate surface area is 178 Å². The minimum atomic E-state index is -0.400. The summed E-state index contributed by atoms with van der Waals surface area (Å²) < 4.78 is 2.17. The van der Waals surface area contributed by atoms with Crippen LogP contribution in [0, 0.1) is 52.9 Å². The van der Waals surface area contributed by atoms with E-state index in [0.717, 1.165) is 39.5 Å². The quantitative estimate of drug-likeness (QED) is 0.442. The monoisotopic (exact) mass is 397 g/mol. The number of anilines is 1. The van der Waals surface area contributed by atoms with Crippen LogP contribution in [0.15, 0.2) is 48.0 Å². The minimum absolute atomic E-state index is 0.0807. The van der Waals surface area contributed by atoms with Crippen LogP contribution < -0.4 is 5.32 Å². The molecule has 1 aromatic heterocycles. The number of carbonyl (C=O) groups excluding carboxylic acids is 1. The number of benzene rings is 2. The molecule has 1 heterocycles. The largest absolute Gasteiger partial charge is 0.321 e. The van der Waals surface area contributed by atoms with Gasteiger partial charge in [-0.2, -0.15) is 5.26 Å². The van der Waals surface area contributed by atoms with E-state index in [4.69, 9.17) is 0 Å². The summed E-state index contributed by atoms with van der Waals surface area (Å²) in [6.45, 7) is 12.2. The molecule has 4 heteroatoms. The molecule has 3 rings (SSSR count). The molecule has 0 radical (unpaired) electrons. The van der Waals surface area contributed by atoms with Crippen LogP contribution in [0.25, 0.3) is 11.8 Å². The fourth-order valence-corrected chi connectivity index (χ4v) is 3.66. The number of rotatable bonds is 4. The van der Waals surface area contributed by atoms with Gasteiger partial charge in [0, 0.05) is 22.8 Å². The lowest BCUT2D eigenvalue weighted by atomic mass is 10.1. The number of aromatic nitrogens is 1. The van der Waals surface area contributed by atoms with Gasteiger partial charge in [-0.3, -0.25) is 4.79 Å². The Morgan fingerprint density at radius 1 is 0.967 bits per heavy atom. The lowest BCUT2D eigenvalue weighted by molar-refractivity contribution is -0.112. The summed E-state index contributed by atoms with van der Waals surface area (Å²) in [5, 5.41) is 12.5. The highest BCUT2D eigenvalue weighted by atomic mass is 16.1. The van der Waals surface area contributed by atoms with Gasteiger partial charge in [0.25, 0.3) is 5.91 Å². The predicted octanol–water partition coefficient (Wildman–Crippen LogP) is 5.87. The smallest absolute Gasteiger partial charge is 0.266 e. The first-order chi connectivity index (χ1) is 14.2. The standard InChI is InChI=1S/C26H27N3O/c1-16-9-7-11-24(19(16)4)28-26(30)23(15-27)14-22-13-18(3)29(21(22)6)25-12-8-10-17(2)20(25)5/h7-14H,1-6H3,(H,28,30)/b23-14+. The zero-order chi connectivity index (χ0) is 22.0. The predicted molar refractivity (Wildman–Crippen MR) is 123 cm³/mol. The van der Waals surface area contributed by atoms with Gasteiger partial charge in [0.1, 0.15) is 11.6 Å². The second-order valence-electron chi connectivity index (χ2n) is 7.75. The van der Waals surface area contributed by atoms with Gasteiger partial charge in [-0.05, 0) is 93.6 Å². The number of hydrogen-bond donors (Lipinski definition) is 1. The van der Waals surface area contributed by atoms with Crippen LogP contribution in [0.5, 0.6) is 0 Å². The Bertz CT molecular complexity index is 1210. The Morgan fingerprint density at radius 2 is 1.60 bits per heavy atom. The Balaban J connectivity index is 1.99. The molecule has 0 bridgehead atoms. The SMILES string of the molecule is Cc1cccc(NC(=O)/C(C#N)=C/c2cc(C)n(-c3cccc(C)c3C)c2C)c1C. The van der Waals surface area contributed by atoms with E-state index < -0.39 is 5.91 Å². The van der Waals surface area contributed by atoms with Gasteiger partial charge in [0.2, 0.25) is 0 Å². The molecule has 152 valence electrons. The van der Waals surface area contributed by atoms with Crippen LogP contribution >= 0.6 is 0 Å². The van der Waals surface area contributed by atoms with Gasteiger partial charge in [-0.15, -0.1) is 0 Å². The molecule has 3 aromatic rings. The lowest BCUT2D eigenvalue weighted by Crippen LogP contribution is -2.14. The summed E-state index contributed by atoms with van der Waals surface area (Å²) in [6.07, 6.45) is 1.67. The van der Waals surface area contributed by atoms with E-state index in [1.807, 2.05) is 58.0 Å². The topological polar surface area (TPSA) is 57.8 Å². The maximum atomic E-state index is 12.8. The molecule has 0 fully saturated rings. The van der Waals surface area contributed by atoms with E-state index in [-0.39, 0.29) is 5.57 Å². The highest BCUT2D eigenvalue weighted by Crippen LogP contribution is 2.26. The molecule has 1 amide bonds. The summed E-state index contributed by atoms with van der Waals surface area (Å²) in [5.41, 5.74) is 9.35. The molecule has 0 atom stereocenters. The maximum absolute atomic E-state index is 12.8. The van der Waals surface area contributed by atoms with Crippen molar-refractivity contribution in [3.8, 4) is 11.8 Å². The number of nitriles is 1. The number of nitrogens with one attached hydrogen (secondary N) is 1. The van der Waals surface area contributed by atoms with Crippen LogP contribution in [0.1, 0.15) is 39.2 Å². The first kappa shape index (κ1) is 21.1. The normalized spacial score (nSPS) is 11.3. The average molecular weight is 398 g/mol. The van der Waals surface area contributed by atoms with Crippen molar-refractivity contribution in [3.63, 3.8) is 0 Å². The van der Waals surface area contributed by atoms with Crippen LogP contribution in [0.3, 0.4) is 0 Å². The number of amides is 1. The van der Waals surface area contributed by atoms with Crippen molar-refractivity contribution in [1.29, 1.82) is 5.26 Å². The first-order valence-electron chi connectivity index (χ1n) is 9.99. The van der Waals surface area contributed by atoms with Gasteiger partial charge in [-0.1, -0.05) is 24.3 Å². The molecular weight excluding hydrogens is 370 g/mol. The van der Waals surface area contributed by atoms with Crippen LogP contribution in [0.4, 0.5) is 5.69 Å². The molecule has 0 saturated heterocycles. The summed E-state index contributed by atoms with van der Waals surface area (Å²) in [4.78, 5) is 12.8. The van der Waals surface area contributed by atoms with Crippen molar-refractivity contribution < 1.29 is 4.79 Å². The third-order valence-electron chi connectivity index (χ3n) is 5.80. The number of carbonyl (C=O) groups is 1. The van der Waals surface area contributed by atoms with Crippen molar-refractivity contribution >= 4 is 17.7 Å². The van der Waals surface area contributed by atoms with E-state index in [1.54, 1.807) is 6.08 Å². The third kappa shape index (κ3) is 3.92. The first-order valence-corrected chi connectivity index (χ1v) is 9.99. The third-order valence-corrected chi connectivity index (χ3v) is 5.80. The summed E-state index contributed by atoms with van der Waals surface area (Å²) in [5.74, 6) is -0.400. The van der Waals surface area contributed by atoms with Crippen molar-refractivity contribution in [3.05, 3.63) is 87.2 Å². The van der Waals surface area contributed by atoms with E-state index in [0.29, 0.717) is 0 Å². The number of nitrogens with zero attached hydrogens (tertiary/aromatic N) is 2. The highest BCUT2D eigenvalue weighted by Gasteiger charge is 2.16. The maximum Gasteiger partial charge on any atom is 0.266 e. The molecule has 0 spiro atoms. The highest BCUT2D eigenvalue weighted by molar-refractivity contribution is 6.10. The van der Waals surface area contributed by atoms with E-state index in [9.17, 15) is 10.1 Å². The van der Waals surface area contributed by atoms with E-state index in [2.05, 4.69) is 41.9 Å². The molecule has 0 aliphatic heterocycles. The Kier molecular flexibility index (Phi) is 5.94. The molecule has 2 aromatic carbocycles. The summed E-state index contributed by atoms with van der Waals surface area (Å²) in [7, 11) is 0. The lowest BCUT2D eigenvalue weighted by Gasteiger charge is -2.14. The molecule has 0 unspecified atom stereocenters. The molecule has 0 saturated carbocycles. The minimum Gasteiger partial charge on any atom is -0.321 e. The molecule has 1 N–H and O–H groups in total. The molecule has 0 aliphatic carbocycles. The van der Waals surface area contributed by atoms with E-state index >= 15 is 0 Å². The van der Waals surface area contributed by atoms with Crippen molar-refractivity contribution in [2.45, 2.75) is 41.5 Å². The van der Waals surface area contributed by atoms with Crippen molar-refractivity contribution in [1.82, 2.24) is 4.57 Å². The Hall–Kier alpha value is -3.58. The van der Waals surface area contributed by atoms with Gasteiger partial charge in [0.15, 0.2) is 0 Å². The van der Waals surface area contributed by atoms with Crippen LogP contribution in [-0.4, -0.2) is 10.5 Å². The van der Waals surface area contributed by atoms with Gasteiger partial charge in [-0.25, -0.2) is 0 Å². The second-order valence-corrected chi connectivity index (χ2v) is 7.75. The number of aryl methyl sites for hydroxylation is 3. The number of hydrogen-bond acceptors (Lipinski definition) is 2. The average Bonchev–Trinajstić information content (AvgIpc) is 2.98. The fraction of sp³-hybridized carbons (Fsp3) is 0.231. The molecule has 0 aliphatic rings.